The monoisotopic (exact) mass is 436 g/mol. The summed E-state index contributed by atoms with van der Waals surface area (Å²) in [5, 5.41) is 0. The first-order valence-corrected chi connectivity index (χ1v) is 9.06. The third-order valence-corrected chi connectivity index (χ3v) is 4.06. The number of aryl methyl sites for hydroxylation is 2. The second kappa shape index (κ2) is 10.1. The fourth-order valence-electron chi connectivity index (χ4n) is 2.38. The molecule has 0 aromatic heterocycles. The van der Waals surface area contributed by atoms with E-state index >= 15 is 0 Å². The number of carbonyl (C=O) groups is 2. The zero-order chi connectivity index (χ0) is 19.8. The molecular formula is C20H21BrO6. The van der Waals surface area contributed by atoms with Gasteiger partial charge in [-0.1, -0.05) is 15.9 Å². The third kappa shape index (κ3) is 6.37. The summed E-state index contributed by atoms with van der Waals surface area (Å²) in [5.74, 6) is -0.0211. The summed E-state index contributed by atoms with van der Waals surface area (Å²) in [7, 11) is 1.53. The summed E-state index contributed by atoms with van der Waals surface area (Å²) in [6.45, 7) is 4.10. The molecule has 6 nitrogen and oxygen atoms in total. The van der Waals surface area contributed by atoms with E-state index < -0.39 is 11.9 Å². The summed E-state index contributed by atoms with van der Waals surface area (Å²) < 4.78 is 21.6. The Balaban J connectivity index is 1.88. The Labute approximate surface area is 166 Å². The molecule has 0 aliphatic rings. The van der Waals surface area contributed by atoms with Gasteiger partial charge in [0.15, 0.2) is 6.61 Å². The van der Waals surface area contributed by atoms with Gasteiger partial charge in [0.25, 0.3) is 0 Å². The first kappa shape index (κ1) is 20.9. The van der Waals surface area contributed by atoms with Gasteiger partial charge in [-0.2, -0.15) is 0 Å². The molecule has 0 saturated carbocycles. The molecule has 0 radical (unpaired) electrons. The fourth-order valence-corrected chi connectivity index (χ4v) is 3.06. The highest BCUT2D eigenvalue weighted by Gasteiger charge is 2.12. The average molecular weight is 437 g/mol. The van der Waals surface area contributed by atoms with E-state index in [-0.39, 0.29) is 13.2 Å². The van der Waals surface area contributed by atoms with E-state index in [1.807, 2.05) is 26.0 Å². The molecule has 0 spiro atoms. The predicted octanol–water partition coefficient (Wildman–Crippen LogP) is 3.85. The Morgan fingerprint density at radius 1 is 1.00 bits per heavy atom. The predicted molar refractivity (Wildman–Crippen MR) is 103 cm³/mol. The van der Waals surface area contributed by atoms with Crippen LogP contribution in [0.15, 0.2) is 40.9 Å². The zero-order valence-corrected chi connectivity index (χ0v) is 17.0. The fraction of sp³-hybridized carbons (Fsp3) is 0.300. The summed E-state index contributed by atoms with van der Waals surface area (Å²) in [6.07, 6.45) is 0. The largest absolute Gasteiger partial charge is 0.481 e. The maximum Gasteiger partial charge on any atom is 0.349 e. The van der Waals surface area contributed by atoms with Gasteiger partial charge in [0.2, 0.25) is 0 Å². The molecule has 0 N–H and O–H groups in total. The number of ether oxygens (including phenoxy) is 4. The molecule has 2 aromatic carbocycles. The van der Waals surface area contributed by atoms with Crippen LogP contribution >= 0.6 is 15.9 Å². The molecule has 27 heavy (non-hydrogen) atoms. The number of methoxy groups -OCH3 is 1. The Kier molecular flexibility index (Phi) is 7.82. The van der Waals surface area contributed by atoms with Crippen LogP contribution in [0.5, 0.6) is 11.5 Å². The number of halogens is 1. The molecule has 0 aliphatic heterocycles. The van der Waals surface area contributed by atoms with Crippen molar-refractivity contribution in [2.24, 2.45) is 0 Å². The van der Waals surface area contributed by atoms with Crippen LogP contribution in [0.2, 0.25) is 0 Å². The van der Waals surface area contributed by atoms with Crippen molar-refractivity contribution in [1.82, 2.24) is 0 Å². The topological polar surface area (TPSA) is 71.1 Å². The lowest BCUT2D eigenvalue weighted by atomic mass is 10.1. The summed E-state index contributed by atoms with van der Waals surface area (Å²) in [6, 6.07) is 9.95. The number of esters is 2. The van der Waals surface area contributed by atoms with E-state index in [2.05, 4.69) is 15.9 Å². The molecule has 7 heteroatoms. The van der Waals surface area contributed by atoms with Crippen LogP contribution < -0.4 is 9.47 Å². The Morgan fingerprint density at radius 2 is 1.63 bits per heavy atom. The van der Waals surface area contributed by atoms with Gasteiger partial charge in [-0.3, -0.25) is 0 Å². The van der Waals surface area contributed by atoms with Gasteiger partial charge in [-0.25, -0.2) is 9.59 Å². The van der Waals surface area contributed by atoms with Crippen molar-refractivity contribution in [3.05, 3.63) is 57.6 Å². The molecule has 0 aliphatic carbocycles. The molecule has 0 unspecified atom stereocenters. The molecular weight excluding hydrogens is 416 g/mol. The quantitative estimate of drug-likeness (QED) is 0.355. The Hall–Kier alpha value is -2.38. The van der Waals surface area contributed by atoms with E-state index in [4.69, 9.17) is 18.9 Å². The van der Waals surface area contributed by atoms with Gasteiger partial charge in [-0.05, 0) is 61.4 Å². The Bertz CT molecular complexity index is 778. The van der Waals surface area contributed by atoms with Crippen LogP contribution in [0.3, 0.4) is 0 Å². The maximum absolute atomic E-state index is 12.0. The van der Waals surface area contributed by atoms with Gasteiger partial charge >= 0.3 is 11.9 Å². The number of rotatable bonds is 8. The smallest absolute Gasteiger partial charge is 0.349 e. The van der Waals surface area contributed by atoms with Crippen molar-refractivity contribution >= 4 is 27.9 Å². The minimum atomic E-state index is -0.535. The first-order chi connectivity index (χ1) is 12.9. The van der Waals surface area contributed by atoms with Crippen molar-refractivity contribution < 1.29 is 28.5 Å². The molecule has 0 bridgehead atoms. The lowest BCUT2D eigenvalue weighted by Crippen LogP contribution is -2.18. The van der Waals surface area contributed by atoms with Gasteiger partial charge in [0.05, 0.1) is 12.2 Å². The third-order valence-electron chi connectivity index (χ3n) is 3.60. The number of hydrogen-bond donors (Lipinski definition) is 0. The van der Waals surface area contributed by atoms with Crippen LogP contribution in [0, 0.1) is 13.8 Å². The van der Waals surface area contributed by atoms with Gasteiger partial charge in [0.1, 0.15) is 18.1 Å². The van der Waals surface area contributed by atoms with E-state index in [1.54, 1.807) is 0 Å². The lowest BCUT2D eigenvalue weighted by Gasteiger charge is -2.12. The zero-order valence-electron chi connectivity index (χ0n) is 15.4. The second-order valence-electron chi connectivity index (χ2n) is 5.78. The standard InChI is InChI=1S/C20H21BrO6/c1-13-10-16(21)11-14(2)19(13)26-12-18(22)27-17-6-4-15(5-7-17)20(23)25-9-8-24-3/h4-7,10-11H,8-9,12H2,1-3H3. The molecule has 144 valence electrons. The average Bonchev–Trinajstić information content (AvgIpc) is 2.61. The van der Waals surface area contributed by atoms with Gasteiger partial charge in [0, 0.05) is 11.6 Å². The van der Waals surface area contributed by atoms with Crippen LogP contribution in [-0.4, -0.2) is 38.9 Å². The molecule has 0 saturated heterocycles. The van der Waals surface area contributed by atoms with E-state index in [1.165, 1.54) is 31.4 Å². The number of benzene rings is 2. The van der Waals surface area contributed by atoms with Crippen molar-refractivity contribution in [2.45, 2.75) is 13.8 Å². The van der Waals surface area contributed by atoms with E-state index in [0.29, 0.717) is 23.7 Å². The summed E-state index contributed by atoms with van der Waals surface area (Å²) in [4.78, 5) is 23.8. The maximum atomic E-state index is 12.0. The van der Waals surface area contributed by atoms with Gasteiger partial charge < -0.3 is 18.9 Å². The molecule has 0 fully saturated rings. The van der Waals surface area contributed by atoms with Crippen molar-refractivity contribution in [3.8, 4) is 11.5 Å². The number of carbonyl (C=O) groups excluding carboxylic acids is 2. The van der Waals surface area contributed by atoms with Gasteiger partial charge in [-0.15, -0.1) is 0 Å². The molecule has 0 amide bonds. The van der Waals surface area contributed by atoms with E-state index in [9.17, 15) is 9.59 Å². The molecule has 2 rings (SSSR count). The van der Waals surface area contributed by atoms with Crippen molar-refractivity contribution in [2.75, 3.05) is 26.9 Å². The Morgan fingerprint density at radius 3 is 2.22 bits per heavy atom. The van der Waals surface area contributed by atoms with Crippen LogP contribution in [0.25, 0.3) is 0 Å². The molecule has 0 heterocycles. The van der Waals surface area contributed by atoms with E-state index in [0.717, 1.165) is 15.6 Å². The van der Waals surface area contributed by atoms with Crippen LogP contribution in [-0.2, 0) is 14.3 Å². The van der Waals surface area contributed by atoms with Crippen molar-refractivity contribution in [3.63, 3.8) is 0 Å². The highest BCUT2D eigenvalue weighted by atomic mass is 79.9. The molecule has 2 aromatic rings. The SMILES string of the molecule is COCCOC(=O)c1ccc(OC(=O)COc2c(C)cc(Br)cc2C)cc1. The second-order valence-corrected chi connectivity index (χ2v) is 6.70. The van der Waals surface area contributed by atoms with Crippen LogP contribution in [0.1, 0.15) is 21.5 Å². The normalized spacial score (nSPS) is 10.4. The first-order valence-electron chi connectivity index (χ1n) is 8.27. The minimum absolute atomic E-state index is 0.179. The van der Waals surface area contributed by atoms with Crippen LogP contribution in [0.4, 0.5) is 0 Å². The summed E-state index contributed by atoms with van der Waals surface area (Å²) >= 11 is 3.42. The number of hydrogen-bond acceptors (Lipinski definition) is 6. The summed E-state index contributed by atoms with van der Waals surface area (Å²) in [5.41, 5.74) is 2.21. The highest BCUT2D eigenvalue weighted by Crippen LogP contribution is 2.27. The lowest BCUT2D eigenvalue weighted by molar-refractivity contribution is -0.136. The van der Waals surface area contributed by atoms with Crippen molar-refractivity contribution in [1.29, 1.82) is 0 Å². The minimum Gasteiger partial charge on any atom is -0.481 e. The molecule has 0 atom stereocenters. The highest BCUT2D eigenvalue weighted by molar-refractivity contribution is 9.10.